The van der Waals surface area contributed by atoms with Gasteiger partial charge in [-0.15, -0.1) is 0 Å². The zero-order valence-corrected chi connectivity index (χ0v) is 14.4. The van der Waals surface area contributed by atoms with Crippen molar-refractivity contribution >= 4 is 16.9 Å². The lowest BCUT2D eigenvalue weighted by atomic mass is 9.84. The first kappa shape index (κ1) is 15.7. The number of nitrogens with one attached hydrogen (secondary N) is 1. The smallest absolute Gasteiger partial charge is 0.338 e. The van der Waals surface area contributed by atoms with Crippen LogP contribution in [0.15, 0.2) is 24.4 Å². The summed E-state index contributed by atoms with van der Waals surface area (Å²) in [4.78, 5) is 14.7. The molecule has 5 nitrogen and oxygen atoms in total. The summed E-state index contributed by atoms with van der Waals surface area (Å²) >= 11 is 0. The highest BCUT2D eigenvalue weighted by atomic mass is 16.5. The Morgan fingerprint density at radius 1 is 1.33 bits per heavy atom. The van der Waals surface area contributed by atoms with E-state index in [1.165, 1.54) is 38.6 Å². The molecule has 1 atom stereocenters. The number of benzene rings is 1. The van der Waals surface area contributed by atoms with Crippen molar-refractivity contribution in [1.29, 1.82) is 0 Å². The van der Waals surface area contributed by atoms with Crippen LogP contribution in [0, 0.1) is 5.92 Å². The maximum absolute atomic E-state index is 12.1. The highest BCUT2D eigenvalue weighted by molar-refractivity contribution is 6.05. The zero-order chi connectivity index (χ0) is 16.7. The fourth-order valence-corrected chi connectivity index (χ4v) is 4.39. The fourth-order valence-electron chi connectivity index (χ4n) is 4.39. The summed E-state index contributed by atoms with van der Waals surface area (Å²) in [7, 11) is 3.47. The van der Waals surface area contributed by atoms with Gasteiger partial charge in [0.2, 0.25) is 0 Å². The Kier molecular flexibility index (Phi) is 4.06. The number of rotatable bonds is 4. The number of esters is 1. The summed E-state index contributed by atoms with van der Waals surface area (Å²) in [5.74, 6) is 0.529. The molecule has 0 spiro atoms. The Balaban J connectivity index is 1.61. The number of carbonyl (C=O) groups excluding carboxylic acids is 1. The number of ether oxygens (including phenoxy) is 1. The lowest BCUT2D eigenvalue weighted by Gasteiger charge is -2.45. The topological polar surface area (TPSA) is 46.5 Å². The number of carbonyl (C=O) groups is 1. The molecule has 2 bridgehead atoms. The molecule has 5 heteroatoms. The number of fused-ring (bicyclic) bond motifs is 4. The second-order valence-electron chi connectivity index (χ2n) is 7.08. The fraction of sp³-hybridized carbons (Fsp3) is 0.526. The predicted octanol–water partition coefficient (Wildman–Crippen LogP) is 2.15. The van der Waals surface area contributed by atoms with E-state index >= 15 is 0 Å². The van der Waals surface area contributed by atoms with Gasteiger partial charge in [0, 0.05) is 43.3 Å². The minimum Gasteiger partial charge on any atom is -0.465 e. The van der Waals surface area contributed by atoms with Crippen LogP contribution in [0.5, 0.6) is 0 Å². The third-order valence-corrected chi connectivity index (χ3v) is 5.71. The molecule has 0 saturated carbocycles. The van der Waals surface area contributed by atoms with E-state index in [2.05, 4.69) is 27.0 Å². The Labute approximate surface area is 142 Å². The SMILES string of the molecule is COC(=O)c1cccc2c1c(CN[C@@H]1CN3CCC1CC3)cn2C. The minimum atomic E-state index is -0.268. The molecule has 5 rings (SSSR count). The maximum Gasteiger partial charge on any atom is 0.338 e. The first-order chi connectivity index (χ1) is 11.7. The molecule has 2 aromatic rings. The molecule has 0 unspecified atom stereocenters. The normalized spacial score (nSPS) is 26.0. The molecule has 3 fully saturated rings. The Morgan fingerprint density at radius 2 is 2.12 bits per heavy atom. The van der Waals surface area contributed by atoms with Crippen molar-refractivity contribution in [3.63, 3.8) is 0 Å². The molecule has 24 heavy (non-hydrogen) atoms. The lowest BCUT2D eigenvalue weighted by Crippen LogP contribution is -2.55. The molecule has 3 saturated heterocycles. The molecule has 3 aliphatic heterocycles. The van der Waals surface area contributed by atoms with E-state index in [9.17, 15) is 4.79 Å². The van der Waals surface area contributed by atoms with Crippen LogP contribution in [0.25, 0.3) is 10.9 Å². The standard InChI is InChI=1S/C19H25N3O2/c1-21-11-14(10-20-16-12-22-8-6-13(16)7-9-22)18-15(19(23)24-2)4-3-5-17(18)21/h3-5,11,13,16,20H,6-10,12H2,1-2H3/t16-/m1/s1. The van der Waals surface area contributed by atoms with Crippen LogP contribution in [0.2, 0.25) is 0 Å². The average Bonchev–Trinajstić information content (AvgIpc) is 2.96. The molecule has 128 valence electrons. The number of piperidine rings is 3. The lowest BCUT2D eigenvalue weighted by molar-refractivity contribution is 0.0603. The van der Waals surface area contributed by atoms with Gasteiger partial charge < -0.3 is 19.5 Å². The zero-order valence-electron chi connectivity index (χ0n) is 14.4. The van der Waals surface area contributed by atoms with Gasteiger partial charge in [0.15, 0.2) is 0 Å². The highest BCUT2D eigenvalue weighted by Gasteiger charge is 2.33. The first-order valence-corrected chi connectivity index (χ1v) is 8.78. The van der Waals surface area contributed by atoms with Gasteiger partial charge in [-0.05, 0) is 49.5 Å². The second-order valence-corrected chi connectivity index (χ2v) is 7.08. The van der Waals surface area contributed by atoms with E-state index in [0.717, 1.165) is 29.9 Å². The van der Waals surface area contributed by atoms with E-state index in [4.69, 9.17) is 4.74 Å². The molecule has 4 heterocycles. The summed E-state index contributed by atoms with van der Waals surface area (Å²) in [6, 6.07) is 6.39. The predicted molar refractivity (Wildman–Crippen MR) is 94.1 cm³/mol. The van der Waals surface area contributed by atoms with Gasteiger partial charge in [-0.2, -0.15) is 0 Å². The third kappa shape index (κ3) is 2.62. The molecule has 0 amide bonds. The van der Waals surface area contributed by atoms with Crippen molar-refractivity contribution in [2.24, 2.45) is 13.0 Å². The van der Waals surface area contributed by atoms with Crippen LogP contribution in [-0.2, 0) is 18.3 Å². The van der Waals surface area contributed by atoms with Crippen LogP contribution in [0.1, 0.15) is 28.8 Å². The molecular formula is C19H25N3O2. The van der Waals surface area contributed by atoms with Gasteiger partial charge >= 0.3 is 5.97 Å². The van der Waals surface area contributed by atoms with E-state index in [-0.39, 0.29) is 5.97 Å². The number of hydrogen-bond donors (Lipinski definition) is 1. The van der Waals surface area contributed by atoms with Gasteiger partial charge in [0.25, 0.3) is 0 Å². The molecular weight excluding hydrogens is 302 g/mol. The third-order valence-electron chi connectivity index (χ3n) is 5.71. The molecule has 0 aliphatic carbocycles. The van der Waals surface area contributed by atoms with Crippen LogP contribution < -0.4 is 5.32 Å². The Morgan fingerprint density at radius 3 is 2.79 bits per heavy atom. The summed E-state index contributed by atoms with van der Waals surface area (Å²) in [5.41, 5.74) is 2.90. The van der Waals surface area contributed by atoms with E-state index in [1.807, 2.05) is 19.2 Å². The van der Waals surface area contributed by atoms with Crippen molar-refractivity contribution in [3.05, 3.63) is 35.5 Å². The van der Waals surface area contributed by atoms with Gasteiger partial charge in [0.05, 0.1) is 12.7 Å². The van der Waals surface area contributed by atoms with Crippen LogP contribution in [0.4, 0.5) is 0 Å². The highest BCUT2D eigenvalue weighted by Crippen LogP contribution is 2.29. The summed E-state index contributed by atoms with van der Waals surface area (Å²) in [6.45, 7) is 4.45. The van der Waals surface area contributed by atoms with Crippen LogP contribution in [0.3, 0.4) is 0 Å². The Bertz CT molecular complexity index is 759. The minimum absolute atomic E-state index is 0.268. The summed E-state index contributed by atoms with van der Waals surface area (Å²) < 4.78 is 7.06. The van der Waals surface area contributed by atoms with Gasteiger partial charge in [-0.1, -0.05) is 6.07 Å². The van der Waals surface area contributed by atoms with Crippen molar-refractivity contribution in [3.8, 4) is 0 Å². The Hall–Kier alpha value is -1.85. The van der Waals surface area contributed by atoms with E-state index < -0.39 is 0 Å². The molecule has 1 aromatic carbocycles. The van der Waals surface area contributed by atoms with Crippen molar-refractivity contribution in [2.75, 3.05) is 26.7 Å². The quantitative estimate of drug-likeness (QED) is 0.874. The second kappa shape index (κ2) is 6.22. The van der Waals surface area contributed by atoms with Crippen molar-refractivity contribution in [1.82, 2.24) is 14.8 Å². The monoisotopic (exact) mass is 327 g/mol. The van der Waals surface area contributed by atoms with E-state index in [1.54, 1.807) is 0 Å². The average molecular weight is 327 g/mol. The number of methoxy groups -OCH3 is 1. The molecule has 1 aromatic heterocycles. The van der Waals surface area contributed by atoms with Gasteiger partial charge in [0.1, 0.15) is 0 Å². The van der Waals surface area contributed by atoms with Gasteiger partial charge in [-0.25, -0.2) is 4.79 Å². The summed E-state index contributed by atoms with van der Waals surface area (Å²) in [5, 5.41) is 4.77. The molecule has 1 N–H and O–H groups in total. The van der Waals surface area contributed by atoms with Crippen LogP contribution >= 0.6 is 0 Å². The number of aryl methyl sites for hydroxylation is 1. The van der Waals surface area contributed by atoms with Gasteiger partial charge in [-0.3, -0.25) is 0 Å². The molecule has 0 radical (unpaired) electrons. The van der Waals surface area contributed by atoms with Crippen molar-refractivity contribution < 1.29 is 9.53 Å². The first-order valence-electron chi connectivity index (χ1n) is 8.78. The maximum atomic E-state index is 12.1. The van der Waals surface area contributed by atoms with E-state index in [0.29, 0.717) is 11.6 Å². The number of aromatic nitrogens is 1. The summed E-state index contributed by atoms with van der Waals surface area (Å²) in [6.07, 6.45) is 4.74. The van der Waals surface area contributed by atoms with Crippen LogP contribution in [-0.4, -0.2) is 48.2 Å². The number of hydrogen-bond acceptors (Lipinski definition) is 4. The van der Waals surface area contributed by atoms with Crippen molar-refractivity contribution in [2.45, 2.75) is 25.4 Å². The largest absolute Gasteiger partial charge is 0.465 e. The number of nitrogens with zero attached hydrogens (tertiary/aromatic N) is 2. The molecule has 3 aliphatic rings.